The van der Waals surface area contributed by atoms with Crippen molar-refractivity contribution in [1.82, 2.24) is 4.98 Å². The predicted octanol–water partition coefficient (Wildman–Crippen LogP) is 1.95. The SMILES string of the molecule is O=C(O)c1cc([N+](=O)[O-])cnc1NCC1CSCCS1. The van der Waals surface area contributed by atoms with Crippen LogP contribution in [0.25, 0.3) is 0 Å². The maximum absolute atomic E-state index is 11.1. The number of thioether (sulfide) groups is 2. The molecule has 2 N–H and O–H groups in total. The van der Waals surface area contributed by atoms with Crippen molar-refractivity contribution >= 4 is 41.0 Å². The molecule has 2 heterocycles. The number of aromatic carboxylic acids is 1. The van der Waals surface area contributed by atoms with Crippen molar-refractivity contribution in [3.63, 3.8) is 0 Å². The fraction of sp³-hybridized carbons (Fsp3) is 0.455. The number of nitrogens with zero attached hydrogens (tertiary/aromatic N) is 2. The maximum atomic E-state index is 11.1. The summed E-state index contributed by atoms with van der Waals surface area (Å²) >= 11 is 3.71. The molecule has 1 aliphatic rings. The van der Waals surface area contributed by atoms with E-state index >= 15 is 0 Å². The lowest BCUT2D eigenvalue weighted by molar-refractivity contribution is -0.385. The average molecular weight is 315 g/mol. The highest BCUT2D eigenvalue weighted by molar-refractivity contribution is 8.06. The van der Waals surface area contributed by atoms with E-state index in [1.165, 1.54) is 0 Å². The Labute approximate surface area is 123 Å². The molecule has 9 heteroatoms. The van der Waals surface area contributed by atoms with E-state index in [0.717, 1.165) is 29.5 Å². The van der Waals surface area contributed by atoms with E-state index in [4.69, 9.17) is 5.11 Å². The molecule has 0 spiro atoms. The monoisotopic (exact) mass is 315 g/mol. The summed E-state index contributed by atoms with van der Waals surface area (Å²) in [7, 11) is 0. The minimum Gasteiger partial charge on any atom is -0.478 e. The first-order valence-electron chi connectivity index (χ1n) is 5.89. The molecule has 1 atom stereocenters. The van der Waals surface area contributed by atoms with Crippen molar-refractivity contribution in [1.29, 1.82) is 0 Å². The molecule has 0 aliphatic carbocycles. The fourth-order valence-electron chi connectivity index (χ4n) is 1.72. The van der Waals surface area contributed by atoms with Crippen LogP contribution in [-0.4, -0.2) is 50.0 Å². The highest BCUT2D eigenvalue weighted by atomic mass is 32.2. The fourth-order valence-corrected chi connectivity index (χ4v) is 4.33. The summed E-state index contributed by atoms with van der Waals surface area (Å²) in [5.74, 6) is 2.18. The van der Waals surface area contributed by atoms with Gasteiger partial charge in [-0.05, 0) is 0 Å². The summed E-state index contributed by atoms with van der Waals surface area (Å²) < 4.78 is 0. The van der Waals surface area contributed by atoms with Gasteiger partial charge in [-0.2, -0.15) is 23.5 Å². The number of nitro groups is 1. The van der Waals surface area contributed by atoms with E-state index in [-0.39, 0.29) is 17.1 Å². The second-order valence-corrected chi connectivity index (χ2v) is 6.66. The van der Waals surface area contributed by atoms with E-state index in [1.807, 2.05) is 23.5 Å². The van der Waals surface area contributed by atoms with Crippen LogP contribution in [0.15, 0.2) is 12.3 Å². The van der Waals surface area contributed by atoms with Crippen LogP contribution in [0.2, 0.25) is 0 Å². The Balaban J connectivity index is 2.09. The Hall–Kier alpha value is -1.48. The summed E-state index contributed by atoms with van der Waals surface area (Å²) in [6.45, 7) is 0.600. The van der Waals surface area contributed by atoms with Gasteiger partial charge in [-0.25, -0.2) is 9.78 Å². The minimum absolute atomic E-state index is 0.173. The number of carboxylic acids is 1. The van der Waals surface area contributed by atoms with Crippen molar-refractivity contribution in [2.45, 2.75) is 5.25 Å². The normalized spacial score (nSPS) is 18.5. The molecule has 7 nitrogen and oxygen atoms in total. The molecule has 20 heavy (non-hydrogen) atoms. The smallest absolute Gasteiger partial charge is 0.339 e. The third-order valence-electron chi connectivity index (χ3n) is 2.70. The lowest BCUT2D eigenvalue weighted by Gasteiger charge is -2.21. The molecule has 0 bridgehead atoms. The van der Waals surface area contributed by atoms with E-state index in [0.29, 0.717) is 11.8 Å². The quantitative estimate of drug-likeness (QED) is 0.627. The molecule has 1 aromatic rings. The molecule has 108 valence electrons. The van der Waals surface area contributed by atoms with Gasteiger partial charge in [-0.15, -0.1) is 0 Å². The summed E-state index contributed by atoms with van der Waals surface area (Å²) in [6.07, 6.45) is 1.07. The zero-order valence-corrected chi connectivity index (χ0v) is 12.1. The second kappa shape index (κ2) is 6.80. The number of carboxylic acid groups (broad SMARTS) is 1. The van der Waals surface area contributed by atoms with Gasteiger partial charge in [0.25, 0.3) is 5.69 Å². The van der Waals surface area contributed by atoms with Crippen molar-refractivity contribution in [2.75, 3.05) is 29.1 Å². The third kappa shape index (κ3) is 3.76. The van der Waals surface area contributed by atoms with E-state index in [9.17, 15) is 14.9 Å². The summed E-state index contributed by atoms with van der Waals surface area (Å²) in [6, 6.07) is 1.03. The molecule has 1 unspecified atom stereocenters. The first-order chi connectivity index (χ1) is 9.58. The number of anilines is 1. The molecule has 1 aliphatic heterocycles. The lowest BCUT2D eigenvalue weighted by atomic mass is 10.2. The zero-order valence-electron chi connectivity index (χ0n) is 10.4. The van der Waals surface area contributed by atoms with Crippen molar-refractivity contribution < 1.29 is 14.8 Å². The number of nitrogens with one attached hydrogen (secondary N) is 1. The van der Waals surface area contributed by atoms with Crippen LogP contribution in [-0.2, 0) is 0 Å². The molecule has 1 fully saturated rings. The van der Waals surface area contributed by atoms with E-state index in [1.54, 1.807) is 0 Å². The van der Waals surface area contributed by atoms with Crippen molar-refractivity contribution in [3.8, 4) is 0 Å². The van der Waals surface area contributed by atoms with Gasteiger partial charge in [-0.3, -0.25) is 10.1 Å². The van der Waals surface area contributed by atoms with Gasteiger partial charge in [0.05, 0.1) is 4.92 Å². The Morgan fingerprint density at radius 1 is 1.60 bits per heavy atom. The zero-order chi connectivity index (χ0) is 14.5. The summed E-state index contributed by atoms with van der Waals surface area (Å²) in [4.78, 5) is 25.0. The molecule has 0 radical (unpaired) electrons. The van der Waals surface area contributed by atoms with Gasteiger partial charge in [0, 0.05) is 35.1 Å². The molecule has 1 saturated heterocycles. The van der Waals surface area contributed by atoms with Gasteiger partial charge < -0.3 is 10.4 Å². The molecule has 1 aromatic heterocycles. The number of aromatic nitrogens is 1. The first kappa shape index (κ1) is 14.9. The lowest BCUT2D eigenvalue weighted by Crippen LogP contribution is -2.24. The maximum Gasteiger partial charge on any atom is 0.339 e. The highest BCUT2D eigenvalue weighted by Gasteiger charge is 2.19. The molecule has 2 rings (SSSR count). The van der Waals surface area contributed by atoms with Crippen LogP contribution in [0.1, 0.15) is 10.4 Å². The standard InChI is InChI=1S/C11H13N3O4S2/c15-11(16)9-3-7(14(17)18)4-12-10(9)13-5-8-6-19-1-2-20-8/h3-4,8H,1-2,5-6H2,(H,12,13)(H,15,16). The third-order valence-corrected chi connectivity index (χ3v) is 5.54. The Morgan fingerprint density at radius 3 is 3.00 bits per heavy atom. The number of hydrogen-bond acceptors (Lipinski definition) is 7. The molecular weight excluding hydrogens is 302 g/mol. The Bertz CT molecular complexity index is 520. The average Bonchev–Trinajstić information content (AvgIpc) is 2.45. The van der Waals surface area contributed by atoms with Crippen LogP contribution in [0.4, 0.5) is 11.5 Å². The number of hydrogen-bond donors (Lipinski definition) is 2. The Kier molecular flexibility index (Phi) is 5.07. The first-order valence-corrected chi connectivity index (χ1v) is 8.09. The largest absolute Gasteiger partial charge is 0.478 e. The van der Waals surface area contributed by atoms with Crippen LogP contribution in [0.5, 0.6) is 0 Å². The highest BCUT2D eigenvalue weighted by Crippen LogP contribution is 2.25. The number of pyridine rings is 1. The van der Waals surface area contributed by atoms with Gasteiger partial charge in [0.15, 0.2) is 0 Å². The Morgan fingerprint density at radius 2 is 2.40 bits per heavy atom. The van der Waals surface area contributed by atoms with Crippen molar-refractivity contribution in [3.05, 3.63) is 27.9 Å². The molecule has 0 aromatic carbocycles. The van der Waals surface area contributed by atoms with E-state index < -0.39 is 10.9 Å². The van der Waals surface area contributed by atoms with Crippen LogP contribution < -0.4 is 5.32 Å². The molecule has 0 saturated carbocycles. The summed E-state index contributed by atoms with van der Waals surface area (Å²) in [5, 5.41) is 23.1. The topological polar surface area (TPSA) is 105 Å². The second-order valence-electron chi connectivity index (χ2n) is 4.10. The van der Waals surface area contributed by atoms with Crippen LogP contribution in [0, 0.1) is 10.1 Å². The molecular formula is C11H13N3O4S2. The van der Waals surface area contributed by atoms with Crippen LogP contribution in [0.3, 0.4) is 0 Å². The van der Waals surface area contributed by atoms with Crippen molar-refractivity contribution in [2.24, 2.45) is 0 Å². The predicted molar refractivity (Wildman–Crippen MR) is 79.9 cm³/mol. The van der Waals surface area contributed by atoms with Crippen LogP contribution >= 0.6 is 23.5 Å². The van der Waals surface area contributed by atoms with Gasteiger partial charge in [-0.1, -0.05) is 0 Å². The number of rotatable bonds is 5. The summed E-state index contributed by atoms with van der Waals surface area (Å²) in [5.41, 5.74) is -0.497. The van der Waals surface area contributed by atoms with Gasteiger partial charge in [0.1, 0.15) is 17.6 Å². The number of carbonyl (C=O) groups is 1. The van der Waals surface area contributed by atoms with Gasteiger partial charge >= 0.3 is 5.97 Å². The van der Waals surface area contributed by atoms with E-state index in [2.05, 4.69) is 10.3 Å². The minimum atomic E-state index is -1.23. The van der Waals surface area contributed by atoms with Gasteiger partial charge in [0.2, 0.25) is 0 Å². The molecule has 0 amide bonds.